The lowest BCUT2D eigenvalue weighted by Gasteiger charge is -2.17. The number of fused-ring (bicyclic) bond motifs is 1. The maximum atomic E-state index is 12.3. The molecule has 0 aliphatic heterocycles. The first kappa shape index (κ1) is 15.7. The van der Waals surface area contributed by atoms with Gasteiger partial charge in [-0.05, 0) is 28.4 Å². The number of benzene rings is 1. The largest absolute Gasteiger partial charge is 0.480 e. The average Bonchev–Trinajstić information content (AvgIpc) is 2.85. The Hall–Kier alpha value is -1.71. The fraction of sp³-hybridized carbons (Fsp3) is 0.364. The molecule has 0 saturated carbocycles. The third kappa shape index (κ3) is 2.99. The van der Waals surface area contributed by atoms with Crippen molar-refractivity contribution in [2.45, 2.75) is 24.8 Å². The summed E-state index contributed by atoms with van der Waals surface area (Å²) in [5.74, 6) is -1.70. The molecule has 21 heavy (non-hydrogen) atoms. The van der Waals surface area contributed by atoms with Gasteiger partial charge in [-0.15, -0.1) is 0 Å². The van der Waals surface area contributed by atoms with Crippen molar-refractivity contribution in [2.75, 3.05) is 0 Å². The summed E-state index contributed by atoms with van der Waals surface area (Å²) in [7, 11) is -4.11. The summed E-state index contributed by atoms with van der Waals surface area (Å²) in [5, 5.41) is 16.3. The van der Waals surface area contributed by atoms with Crippen LogP contribution in [0.15, 0.2) is 21.7 Å². The molecule has 1 atom stereocenters. The van der Waals surface area contributed by atoms with Gasteiger partial charge in [-0.3, -0.25) is 4.79 Å². The molecular formula is C11H12ClN3O5S. The van der Waals surface area contributed by atoms with Gasteiger partial charge < -0.3 is 5.11 Å². The lowest BCUT2D eigenvalue weighted by Crippen LogP contribution is -2.44. The summed E-state index contributed by atoms with van der Waals surface area (Å²) in [6.07, 6.45) is 0. The summed E-state index contributed by atoms with van der Waals surface area (Å²) in [6.45, 7) is 3.19. The van der Waals surface area contributed by atoms with E-state index in [0.717, 1.165) is 0 Å². The Morgan fingerprint density at radius 3 is 2.52 bits per heavy atom. The average molecular weight is 334 g/mol. The lowest BCUT2D eigenvalue weighted by molar-refractivity contribution is -0.140. The van der Waals surface area contributed by atoms with Crippen LogP contribution in [-0.4, -0.2) is 35.8 Å². The number of rotatable bonds is 5. The normalized spacial score (nSPS) is 13.7. The highest BCUT2D eigenvalue weighted by molar-refractivity contribution is 7.89. The number of sulfonamides is 1. The number of hydrogen-bond acceptors (Lipinski definition) is 6. The van der Waals surface area contributed by atoms with Gasteiger partial charge in [0.1, 0.15) is 10.9 Å². The molecule has 1 aromatic heterocycles. The number of nitrogens with one attached hydrogen (secondary N) is 1. The van der Waals surface area contributed by atoms with E-state index in [1.54, 1.807) is 13.8 Å². The van der Waals surface area contributed by atoms with E-state index in [0.29, 0.717) is 0 Å². The van der Waals surface area contributed by atoms with E-state index in [1.807, 2.05) is 0 Å². The molecule has 1 heterocycles. The monoisotopic (exact) mass is 333 g/mol. The number of halogens is 1. The Balaban J connectivity index is 2.50. The molecule has 2 N–H and O–H groups in total. The van der Waals surface area contributed by atoms with E-state index in [2.05, 4.69) is 19.7 Å². The highest BCUT2D eigenvalue weighted by Crippen LogP contribution is 2.26. The van der Waals surface area contributed by atoms with Gasteiger partial charge >= 0.3 is 5.97 Å². The second kappa shape index (κ2) is 5.58. The predicted molar refractivity (Wildman–Crippen MR) is 73.4 cm³/mol. The van der Waals surface area contributed by atoms with Crippen LogP contribution in [0.4, 0.5) is 0 Å². The molecule has 0 amide bonds. The minimum absolute atomic E-state index is 0.0529. The standard InChI is InChI=1S/C11H12ClN3O5S/c1-5(2)8(11(16)17)15-21(18,19)7-4-3-6(12)9-10(7)14-20-13-9/h3-5,8,15H,1-2H3,(H,16,17)/t8-/m0/s1. The van der Waals surface area contributed by atoms with Crippen LogP contribution < -0.4 is 4.72 Å². The number of aliphatic carboxylic acids is 1. The van der Waals surface area contributed by atoms with Gasteiger partial charge in [-0.1, -0.05) is 25.4 Å². The second-order valence-electron chi connectivity index (χ2n) is 4.69. The molecule has 0 aliphatic rings. The smallest absolute Gasteiger partial charge is 0.322 e. The first-order valence-electron chi connectivity index (χ1n) is 5.90. The van der Waals surface area contributed by atoms with Crippen LogP contribution in [0, 0.1) is 5.92 Å². The van der Waals surface area contributed by atoms with E-state index >= 15 is 0 Å². The van der Waals surface area contributed by atoms with Crippen molar-refractivity contribution in [3.8, 4) is 0 Å². The molecule has 8 nitrogen and oxygen atoms in total. The summed E-state index contributed by atoms with van der Waals surface area (Å²) in [4.78, 5) is 10.9. The number of aromatic nitrogens is 2. The molecule has 0 unspecified atom stereocenters. The van der Waals surface area contributed by atoms with Gasteiger partial charge in [0.25, 0.3) is 0 Å². The molecule has 10 heteroatoms. The SMILES string of the molecule is CC(C)[C@H](NS(=O)(=O)c1ccc(Cl)c2nonc12)C(=O)O. The van der Waals surface area contributed by atoms with E-state index in [9.17, 15) is 13.2 Å². The number of carboxylic acid groups (broad SMARTS) is 1. The second-order valence-corrected chi connectivity index (χ2v) is 6.78. The Bertz CT molecular complexity index is 786. The van der Waals surface area contributed by atoms with Gasteiger partial charge in [-0.2, -0.15) is 4.72 Å². The lowest BCUT2D eigenvalue weighted by atomic mass is 10.1. The van der Waals surface area contributed by atoms with E-state index in [4.69, 9.17) is 16.7 Å². The van der Waals surface area contributed by atoms with Crippen LogP contribution in [0.2, 0.25) is 5.02 Å². The number of carboxylic acids is 1. The molecule has 2 rings (SSSR count). The molecule has 1 aromatic carbocycles. The Morgan fingerprint density at radius 1 is 1.33 bits per heavy atom. The van der Waals surface area contributed by atoms with Crippen molar-refractivity contribution in [1.82, 2.24) is 15.0 Å². The molecule has 0 fully saturated rings. The molecule has 2 aromatic rings. The topological polar surface area (TPSA) is 122 Å². The first-order valence-corrected chi connectivity index (χ1v) is 7.76. The summed E-state index contributed by atoms with van der Waals surface area (Å²) in [6, 6.07) is 1.28. The highest BCUT2D eigenvalue weighted by Gasteiger charge is 2.30. The molecule has 114 valence electrons. The quantitative estimate of drug-likeness (QED) is 0.844. The molecule has 0 bridgehead atoms. The van der Waals surface area contributed by atoms with Crippen molar-refractivity contribution in [3.63, 3.8) is 0 Å². The fourth-order valence-corrected chi connectivity index (χ4v) is 3.39. The third-order valence-electron chi connectivity index (χ3n) is 2.83. The predicted octanol–water partition coefficient (Wildman–Crippen LogP) is 1.26. The Kier molecular flexibility index (Phi) is 4.17. The summed E-state index contributed by atoms with van der Waals surface area (Å²) < 4.78 is 31.3. The Labute approximate surface area is 125 Å². The van der Waals surface area contributed by atoms with Crippen LogP contribution in [0.5, 0.6) is 0 Å². The number of carbonyl (C=O) groups is 1. The number of hydrogen-bond donors (Lipinski definition) is 2. The van der Waals surface area contributed by atoms with Crippen LogP contribution in [0.3, 0.4) is 0 Å². The van der Waals surface area contributed by atoms with E-state index < -0.39 is 28.0 Å². The molecule has 0 spiro atoms. The van der Waals surface area contributed by atoms with Gasteiger partial charge in [0.2, 0.25) is 10.0 Å². The molecule has 0 radical (unpaired) electrons. The fourth-order valence-electron chi connectivity index (χ4n) is 1.73. The van der Waals surface area contributed by atoms with Gasteiger partial charge in [-0.25, -0.2) is 13.0 Å². The Morgan fingerprint density at radius 2 is 1.95 bits per heavy atom. The van der Waals surface area contributed by atoms with Crippen molar-refractivity contribution in [1.29, 1.82) is 0 Å². The minimum atomic E-state index is -4.11. The van der Waals surface area contributed by atoms with Crippen molar-refractivity contribution in [2.24, 2.45) is 5.92 Å². The third-order valence-corrected chi connectivity index (χ3v) is 4.61. The van der Waals surface area contributed by atoms with E-state index in [1.165, 1.54) is 12.1 Å². The summed E-state index contributed by atoms with van der Waals surface area (Å²) in [5.41, 5.74) is 0.0406. The number of nitrogens with zero attached hydrogens (tertiary/aromatic N) is 2. The van der Waals surface area contributed by atoms with Gasteiger partial charge in [0.15, 0.2) is 11.0 Å². The van der Waals surface area contributed by atoms with Gasteiger partial charge in [0.05, 0.1) is 5.02 Å². The van der Waals surface area contributed by atoms with Crippen LogP contribution >= 0.6 is 11.6 Å². The van der Waals surface area contributed by atoms with Gasteiger partial charge in [0, 0.05) is 0 Å². The van der Waals surface area contributed by atoms with Crippen molar-refractivity contribution >= 4 is 38.6 Å². The maximum Gasteiger partial charge on any atom is 0.322 e. The molecular weight excluding hydrogens is 322 g/mol. The maximum absolute atomic E-state index is 12.3. The van der Waals surface area contributed by atoms with Crippen LogP contribution in [0.25, 0.3) is 11.0 Å². The first-order chi connectivity index (χ1) is 9.74. The minimum Gasteiger partial charge on any atom is -0.480 e. The van der Waals surface area contributed by atoms with Crippen LogP contribution in [-0.2, 0) is 14.8 Å². The summed E-state index contributed by atoms with van der Waals surface area (Å²) >= 11 is 5.86. The van der Waals surface area contributed by atoms with Crippen molar-refractivity contribution in [3.05, 3.63) is 17.2 Å². The molecule has 0 aliphatic carbocycles. The van der Waals surface area contributed by atoms with Crippen molar-refractivity contribution < 1.29 is 22.9 Å². The van der Waals surface area contributed by atoms with E-state index in [-0.39, 0.29) is 21.0 Å². The zero-order chi connectivity index (χ0) is 15.8. The highest BCUT2D eigenvalue weighted by atomic mass is 35.5. The molecule has 0 saturated heterocycles. The zero-order valence-corrected chi connectivity index (χ0v) is 12.6. The van der Waals surface area contributed by atoms with Crippen LogP contribution in [0.1, 0.15) is 13.8 Å². The zero-order valence-electron chi connectivity index (χ0n) is 11.1.